The zero-order valence-corrected chi connectivity index (χ0v) is 19.4. The number of carbonyl (C=O) groups is 2. The third-order valence-electron chi connectivity index (χ3n) is 8.02. The topological polar surface area (TPSA) is 57.6 Å². The van der Waals surface area contributed by atoms with E-state index in [4.69, 9.17) is 5.11 Å². The fraction of sp³-hybridized carbons (Fsp3) is 0.643. The molecule has 4 heteroatoms. The van der Waals surface area contributed by atoms with E-state index >= 15 is 0 Å². The molecule has 0 spiro atoms. The molecule has 1 heterocycles. The summed E-state index contributed by atoms with van der Waals surface area (Å²) in [6.45, 7) is 1.69. The number of carbonyl (C=O) groups excluding carboxylic acids is 1. The Kier molecular flexibility index (Phi) is 8.05. The van der Waals surface area contributed by atoms with Gasteiger partial charge in [0, 0.05) is 19.0 Å². The van der Waals surface area contributed by atoms with Gasteiger partial charge in [-0.2, -0.15) is 0 Å². The quantitative estimate of drug-likeness (QED) is 0.585. The van der Waals surface area contributed by atoms with Crippen molar-refractivity contribution in [2.24, 2.45) is 17.8 Å². The number of piperidine rings is 1. The van der Waals surface area contributed by atoms with E-state index in [9.17, 15) is 9.59 Å². The van der Waals surface area contributed by atoms with Crippen LogP contribution in [0.2, 0.25) is 0 Å². The van der Waals surface area contributed by atoms with Crippen molar-refractivity contribution < 1.29 is 14.7 Å². The van der Waals surface area contributed by atoms with Crippen molar-refractivity contribution in [2.45, 2.75) is 83.5 Å². The molecule has 2 aliphatic carbocycles. The Balaban J connectivity index is 1.37. The number of carboxylic acids is 1. The van der Waals surface area contributed by atoms with E-state index < -0.39 is 5.97 Å². The summed E-state index contributed by atoms with van der Waals surface area (Å²) in [5, 5.41) is 8.93. The van der Waals surface area contributed by atoms with Crippen LogP contribution in [0, 0.1) is 17.8 Å². The molecule has 3 fully saturated rings. The number of benzene rings is 1. The Bertz CT molecular complexity index is 772. The monoisotopic (exact) mass is 437 g/mol. The van der Waals surface area contributed by atoms with Gasteiger partial charge in [0.15, 0.2) is 0 Å². The molecule has 1 aromatic carbocycles. The number of aliphatic carboxylic acids is 1. The Hall–Kier alpha value is -2.10. The molecule has 32 heavy (non-hydrogen) atoms. The minimum Gasteiger partial charge on any atom is -0.481 e. The van der Waals surface area contributed by atoms with Gasteiger partial charge in [0.1, 0.15) is 0 Å². The highest BCUT2D eigenvalue weighted by atomic mass is 16.4. The molecule has 0 unspecified atom stereocenters. The Morgan fingerprint density at radius 2 is 1.41 bits per heavy atom. The number of rotatable bonds is 6. The van der Waals surface area contributed by atoms with E-state index in [1.54, 1.807) is 0 Å². The lowest BCUT2D eigenvalue weighted by atomic mass is 9.69. The number of carboxylic acid groups (broad SMARTS) is 1. The van der Waals surface area contributed by atoms with E-state index in [1.165, 1.54) is 69.8 Å². The summed E-state index contributed by atoms with van der Waals surface area (Å²) in [5.41, 5.74) is 3.35. The molecule has 1 aliphatic heterocycles. The zero-order chi connectivity index (χ0) is 22.3. The molecular weight excluding hydrogens is 398 g/mol. The van der Waals surface area contributed by atoms with Crippen LogP contribution >= 0.6 is 0 Å². The molecule has 3 aliphatic rings. The number of hydrogen-bond acceptors (Lipinski definition) is 2. The van der Waals surface area contributed by atoms with E-state index in [2.05, 4.69) is 11.0 Å². The molecule has 0 aromatic heterocycles. The van der Waals surface area contributed by atoms with Crippen molar-refractivity contribution in [1.82, 2.24) is 4.90 Å². The molecule has 4 rings (SSSR count). The Morgan fingerprint density at radius 3 is 1.91 bits per heavy atom. The minimum atomic E-state index is -0.798. The van der Waals surface area contributed by atoms with Crippen molar-refractivity contribution in [3.63, 3.8) is 0 Å². The van der Waals surface area contributed by atoms with Crippen LogP contribution in [0.4, 0.5) is 0 Å². The van der Waals surface area contributed by atoms with Crippen LogP contribution in [-0.2, 0) is 16.0 Å². The van der Waals surface area contributed by atoms with Crippen molar-refractivity contribution in [3.05, 3.63) is 41.0 Å². The number of hydrogen-bond donors (Lipinski definition) is 1. The second kappa shape index (κ2) is 11.2. The molecular formula is C28H39NO3. The van der Waals surface area contributed by atoms with Gasteiger partial charge in [-0.1, -0.05) is 74.4 Å². The normalized spacial score (nSPS) is 21.0. The van der Waals surface area contributed by atoms with Crippen molar-refractivity contribution in [3.8, 4) is 0 Å². The van der Waals surface area contributed by atoms with Gasteiger partial charge in [-0.15, -0.1) is 0 Å². The maximum absolute atomic E-state index is 13.7. The van der Waals surface area contributed by atoms with Crippen molar-refractivity contribution >= 4 is 18.0 Å². The maximum atomic E-state index is 13.7. The molecule has 0 bridgehead atoms. The molecule has 1 N–H and O–H groups in total. The number of nitrogens with zero attached hydrogens (tertiary/aromatic N) is 1. The predicted octanol–water partition coefficient (Wildman–Crippen LogP) is 6.10. The van der Waals surface area contributed by atoms with Gasteiger partial charge in [-0.25, -0.2) is 0 Å². The fourth-order valence-electron chi connectivity index (χ4n) is 6.29. The SMILES string of the molecule is O=C(O)Cc1ccc(C=C2CCN(C(=O)C(C3CCCCC3)C3CCCCC3)CC2)cc1. The molecule has 1 saturated heterocycles. The zero-order valence-electron chi connectivity index (χ0n) is 19.4. The smallest absolute Gasteiger partial charge is 0.307 e. The number of likely N-dealkylation sites (tertiary alicyclic amines) is 1. The standard InChI is InChI=1S/C28H39NO3/c30-26(31)20-22-13-11-21(12-14-22)19-23-15-17-29(18-16-23)28(32)27(24-7-3-1-4-8-24)25-9-5-2-6-10-25/h11-14,19,24-25,27H,1-10,15-18,20H2,(H,30,31). The number of amides is 1. The first kappa shape index (κ1) is 23.1. The molecule has 4 nitrogen and oxygen atoms in total. The van der Waals surface area contributed by atoms with Crippen LogP contribution in [0.25, 0.3) is 6.08 Å². The first-order valence-electron chi connectivity index (χ1n) is 12.9. The predicted molar refractivity (Wildman–Crippen MR) is 128 cm³/mol. The lowest BCUT2D eigenvalue weighted by Gasteiger charge is -2.40. The van der Waals surface area contributed by atoms with Gasteiger partial charge >= 0.3 is 5.97 Å². The highest BCUT2D eigenvalue weighted by Crippen LogP contribution is 2.41. The van der Waals surface area contributed by atoms with Crippen LogP contribution in [0.3, 0.4) is 0 Å². The summed E-state index contributed by atoms with van der Waals surface area (Å²) in [6.07, 6.45) is 17.1. The average molecular weight is 438 g/mol. The van der Waals surface area contributed by atoms with Gasteiger partial charge in [0.05, 0.1) is 6.42 Å². The minimum absolute atomic E-state index is 0.0665. The van der Waals surface area contributed by atoms with Gasteiger partial charge in [-0.05, 0) is 61.5 Å². The average Bonchev–Trinajstić information content (AvgIpc) is 2.82. The lowest BCUT2D eigenvalue weighted by molar-refractivity contribution is -0.141. The lowest BCUT2D eigenvalue weighted by Crippen LogP contribution is -2.45. The van der Waals surface area contributed by atoms with Gasteiger partial charge in [-0.3, -0.25) is 9.59 Å². The molecule has 0 atom stereocenters. The van der Waals surface area contributed by atoms with Crippen molar-refractivity contribution in [2.75, 3.05) is 13.1 Å². The van der Waals surface area contributed by atoms with Gasteiger partial charge in [0.2, 0.25) is 5.91 Å². The first-order valence-corrected chi connectivity index (χ1v) is 12.9. The second-order valence-corrected chi connectivity index (χ2v) is 10.3. The van der Waals surface area contributed by atoms with Crippen LogP contribution in [0.15, 0.2) is 29.8 Å². The third-order valence-corrected chi connectivity index (χ3v) is 8.02. The largest absolute Gasteiger partial charge is 0.481 e. The summed E-state index contributed by atoms with van der Waals surface area (Å²) in [5.74, 6) is 1.15. The summed E-state index contributed by atoms with van der Waals surface area (Å²) in [6, 6.07) is 7.81. The Labute approximate surface area is 193 Å². The van der Waals surface area contributed by atoms with Crippen LogP contribution in [0.5, 0.6) is 0 Å². The first-order chi connectivity index (χ1) is 15.6. The maximum Gasteiger partial charge on any atom is 0.307 e. The highest BCUT2D eigenvalue weighted by molar-refractivity contribution is 5.80. The fourth-order valence-corrected chi connectivity index (χ4v) is 6.29. The molecule has 2 saturated carbocycles. The summed E-state index contributed by atoms with van der Waals surface area (Å²) < 4.78 is 0. The highest BCUT2D eigenvalue weighted by Gasteiger charge is 2.38. The Morgan fingerprint density at radius 1 is 0.875 bits per heavy atom. The van der Waals surface area contributed by atoms with Gasteiger partial charge < -0.3 is 10.0 Å². The van der Waals surface area contributed by atoms with E-state index in [1.807, 2.05) is 24.3 Å². The summed E-state index contributed by atoms with van der Waals surface area (Å²) in [4.78, 5) is 26.8. The molecule has 1 aromatic rings. The van der Waals surface area contributed by atoms with Gasteiger partial charge in [0.25, 0.3) is 0 Å². The van der Waals surface area contributed by atoms with Crippen LogP contribution < -0.4 is 0 Å². The third kappa shape index (κ3) is 6.02. The second-order valence-electron chi connectivity index (χ2n) is 10.3. The summed E-state index contributed by atoms with van der Waals surface area (Å²) in [7, 11) is 0. The molecule has 0 radical (unpaired) electrons. The van der Waals surface area contributed by atoms with E-state index in [0.717, 1.165) is 37.1 Å². The molecule has 1 amide bonds. The summed E-state index contributed by atoms with van der Waals surface area (Å²) >= 11 is 0. The van der Waals surface area contributed by atoms with Crippen molar-refractivity contribution in [1.29, 1.82) is 0 Å². The molecule has 174 valence electrons. The van der Waals surface area contributed by atoms with E-state index in [0.29, 0.717) is 17.7 Å². The van der Waals surface area contributed by atoms with Crippen LogP contribution in [-0.4, -0.2) is 35.0 Å². The van der Waals surface area contributed by atoms with Crippen LogP contribution in [0.1, 0.15) is 88.2 Å². The van der Waals surface area contributed by atoms with E-state index in [-0.39, 0.29) is 12.3 Å².